The molecule has 0 unspecified atom stereocenters. The van der Waals surface area contributed by atoms with Crippen molar-refractivity contribution in [2.45, 2.75) is 32.4 Å². The van der Waals surface area contributed by atoms with E-state index in [0.717, 1.165) is 47.5 Å². The highest BCUT2D eigenvalue weighted by molar-refractivity contribution is 7.80. The average molecular weight is 483 g/mol. The van der Waals surface area contributed by atoms with E-state index >= 15 is 0 Å². The van der Waals surface area contributed by atoms with E-state index in [0.29, 0.717) is 0 Å². The van der Waals surface area contributed by atoms with Gasteiger partial charge < -0.3 is 20.1 Å². The second-order valence-corrected chi connectivity index (χ2v) is 9.20. The lowest BCUT2D eigenvalue weighted by molar-refractivity contribution is 0.315. The van der Waals surface area contributed by atoms with E-state index in [2.05, 4.69) is 68.2 Å². The quantitative estimate of drug-likeness (QED) is 0.261. The third kappa shape index (κ3) is 4.77. The minimum absolute atomic E-state index is 0.0246. The maximum Gasteiger partial charge on any atom is 0.170 e. The molecule has 4 aromatic rings. The van der Waals surface area contributed by atoms with E-state index < -0.39 is 0 Å². The van der Waals surface area contributed by atoms with Crippen LogP contribution >= 0.6 is 12.2 Å². The molecule has 0 bridgehead atoms. The zero-order valence-electron chi connectivity index (χ0n) is 20.1. The molecule has 4 heterocycles. The molecule has 6 nitrogen and oxygen atoms in total. The summed E-state index contributed by atoms with van der Waals surface area (Å²) in [5, 5.41) is 7.86. The molecule has 2 N–H and O–H groups in total. The number of nitrogens with one attached hydrogen (secondary N) is 2. The zero-order chi connectivity index (χ0) is 24.2. The number of hydrogen-bond donors (Lipinski definition) is 2. The molecule has 0 radical (unpaired) electrons. The number of pyridine rings is 2. The standard InChI is InChI=1S/C28H30N6S/c1-20-19-23(21(2)34(20)25-14-7-9-16-31-25)27-26(24-13-6-8-15-30-24)32-28(35)33(27)18-10-17-29-22-11-4-3-5-12-22/h3-9,11-16,19,26-27,29H,10,17-18H2,1-2H3,(H,32,35)/t26-,27+/m1/s1. The predicted molar refractivity (Wildman–Crippen MR) is 145 cm³/mol. The van der Waals surface area contributed by atoms with Crippen molar-refractivity contribution in [1.29, 1.82) is 0 Å². The van der Waals surface area contributed by atoms with Crippen molar-refractivity contribution < 1.29 is 0 Å². The van der Waals surface area contributed by atoms with Crippen molar-refractivity contribution >= 4 is 23.0 Å². The van der Waals surface area contributed by atoms with Gasteiger partial charge in [-0.1, -0.05) is 30.3 Å². The molecule has 1 aliphatic heterocycles. The van der Waals surface area contributed by atoms with Crippen molar-refractivity contribution in [3.05, 3.63) is 108 Å². The Morgan fingerprint density at radius 1 is 0.943 bits per heavy atom. The molecule has 178 valence electrons. The highest BCUT2D eigenvalue weighted by Gasteiger charge is 2.41. The Kier molecular flexibility index (Phi) is 6.77. The number of nitrogens with zero attached hydrogens (tertiary/aromatic N) is 4. The number of benzene rings is 1. The number of para-hydroxylation sites is 1. The second-order valence-electron chi connectivity index (χ2n) is 8.82. The molecule has 2 atom stereocenters. The summed E-state index contributed by atoms with van der Waals surface area (Å²) in [6.07, 6.45) is 4.64. The molecule has 1 fully saturated rings. The van der Waals surface area contributed by atoms with Gasteiger partial charge in [0, 0.05) is 42.6 Å². The number of thiocarbonyl (C=S) groups is 1. The molecular formula is C28H30N6S. The van der Waals surface area contributed by atoms with E-state index in [1.165, 1.54) is 11.3 Å². The van der Waals surface area contributed by atoms with Crippen LogP contribution in [-0.2, 0) is 0 Å². The van der Waals surface area contributed by atoms with Gasteiger partial charge in [-0.05, 0) is 80.5 Å². The molecule has 0 spiro atoms. The first kappa shape index (κ1) is 23.1. The Morgan fingerprint density at radius 2 is 1.69 bits per heavy atom. The van der Waals surface area contributed by atoms with Crippen molar-refractivity contribution in [3.63, 3.8) is 0 Å². The normalized spacial score (nSPS) is 17.4. The van der Waals surface area contributed by atoms with Crippen LogP contribution in [0.1, 0.15) is 41.1 Å². The topological polar surface area (TPSA) is 58.0 Å². The third-order valence-electron chi connectivity index (χ3n) is 6.54. The van der Waals surface area contributed by atoms with E-state index in [1.807, 2.05) is 60.9 Å². The van der Waals surface area contributed by atoms with Gasteiger partial charge in [0.2, 0.25) is 0 Å². The molecule has 3 aromatic heterocycles. The van der Waals surface area contributed by atoms with Crippen LogP contribution in [0.25, 0.3) is 5.82 Å². The average Bonchev–Trinajstić information content (AvgIpc) is 3.38. The van der Waals surface area contributed by atoms with Crippen LogP contribution in [0.2, 0.25) is 0 Å². The molecule has 1 aliphatic rings. The van der Waals surface area contributed by atoms with Crippen LogP contribution < -0.4 is 10.6 Å². The summed E-state index contributed by atoms with van der Waals surface area (Å²) in [5.74, 6) is 0.926. The first-order chi connectivity index (χ1) is 17.1. The van der Waals surface area contributed by atoms with E-state index in [4.69, 9.17) is 12.2 Å². The lowest BCUT2D eigenvalue weighted by atomic mass is 9.96. The monoisotopic (exact) mass is 482 g/mol. The highest BCUT2D eigenvalue weighted by Crippen LogP contribution is 2.41. The smallest absolute Gasteiger partial charge is 0.170 e. The van der Waals surface area contributed by atoms with Crippen molar-refractivity contribution in [3.8, 4) is 5.82 Å². The number of hydrogen-bond acceptors (Lipinski definition) is 4. The molecule has 7 heteroatoms. The van der Waals surface area contributed by atoms with Gasteiger partial charge in [-0.15, -0.1) is 0 Å². The minimum Gasteiger partial charge on any atom is -0.385 e. The van der Waals surface area contributed by atoms with Crippen LogP contribution in [0, 0.1) is 13.8 Å². The van der Waals surface area contributed by atoms with Gasteiger partial charge in [0.25, 0.3) is 0 Å². The first-order valence-corrected chi connectivity index (χ1v) is 12.4. The molecular weight excluding hydrogens is 452 g/mol. The van der Waals surface area contributed by atoms with Crippen molar-refractivity contribution in [2.24, 2.45) is 0 Å². The molecule has 0 amide bonds. The Balaban J connectivity index is 1.45. The summed E-state index contributed by atoms with van der Waals surface area (Å²) in [4.78, 5) is 11.6. The lowest BCUT2D eigenvalue weighted by Crippen LogP contribution is -2.31. The Morgan fingerprint density at radius 3 is 2.40 bits per heavy atom. The van der Waals surface area contributed by atoms with Gasteiger partial charge in [0.05, 0.1) is 17.8 Å². The molecule has 5 rings (SSSR count). The van der Waals surface area contributed by atoms with Crippen molar-refractivity contribution in [1.82, 2.24) is 24.8 Å². The van der Waals surface area contributed by atoms with Crippen LogP contribution in [0.4, 0.5) is 5.69 Å². The second kappa shape index (κ2) is 10.3. The summed E-state index contributed by atoms with van der Waals surface area (Å²) < 4.78 is 2.22. The van der Waals surface area contributed by atoms with Crippen LogP contribution in [0.5, 0.6) is 0 Å². The maximum absolute atomic E-state index is 5.86. The Labute approximate surface area is 212 Å². The summed E-state index contributed by atoms with van der Waals surface area (Å²) in [6.45, 7) is 6.02. The van der Waals surface area contributed by atoms with Gasteiger partial charge in [-0.25, -0.2) is 4.98 Å². The largest absolute Gasteiger partial charge is 0.385 e. The SMILES string of the molecule is Cc1cc([C@H]2[C@@H](c3ccccn3)NC(=S)N2CCCNc2ccccc2)c(C)n1-c1ccccn1. The number of aryl methyl sites for hydroxylation is 1. The van der Waals surface area contributed by atoms with Gasteiger partial charge in [-0.2, -0.15) is 0 Å². The zero-order valence-corrected chi connectivity index (χ0v) is 20.9. The van der Waals surface area contributed by atoms with Crippen molar-refractivity contribution in [2.75, 3.05) is 18.4 Å². The Hall–Kier alpha value is -3.71. The molecule has 0 aliphatic carbocycles. The summed E-state index contributed by atoms with van der Waals surface area (Å²) in [7, 11) is 0. The molecule has 1 aromatic carbocycles. The first-order valence-electron chi connectivity index (χ1n) is 12.0. The maximum atomic E-state index is 5.86. The van der Waals surface area contributed by atoms with Gasteiger partial charge in [0.15, 0.2) is 5.11 Å². The van der Waals surface area contributed by atoms with E-state index in [-0.39, 0.29) is 12.1 Å². The summed E-state index contributed by atoms with van der Waals surface area (Å²) in [5.41, 5.74) is 5.70. The number of aromatic nitrogens is 3. The van der Waals surface area contributed by atoms with Crippen LogP contribution in [0.15, 0.2) is 85.2 Å². The van der Waals surface area contributed by atoms with Gasteiger partial charge >= 0.3 is 0 Å². The molecule has 35 heavy (non-hydrogen) atoms. The summed E-state index contributed by atoms with van der Waals surface area (Å²) in [6, 6.07) is 24.7. The fraction of sp³-hybridized carbons (Fsp3) is 0.250. The van der Waals surface area contributed by atoms with E-state index in [1.54, 1.807) is 0 Å². The van der Waals surface area contributed by atoms with Gasteiger partial charge in [-0.3, -0.25) is 4.98 Å². The Bertz CT molecular complexity index is 1270. The molecule has 0 saturated carbocycles. The number of anilines is 1. The third-order valence-corrected chi connectivity index (χ3v) is 6.90. The fourth-order valence-corrected chi connectivity index (χ4v) is 5.28. The lowest BCUT2D eigenvalue weighted by Gasteiger charge is -2.28. The van der Waals surface area contributed by atoms with Gasteiger partial charge in [0.1, 0.15) is 5.82 Å². The van der Waals surface area contributed by atoms with Crippen LogP contribution in [0.3, 0.4) is 0 Å². The predicted octanol–water partition coefficient (Wildman–Crippen LogP) is 5.36. The number of rotatable bonds is 8. The van der Waals surface area contributed by atoms with Crippen LogP contribution in [-0.4, -0.2) is 37.6 Å². The summed E-state index contributed by atoms with van der Waals surface area (Å²) >= 11 is 5.86. The van der Waals surface area contributed by atoms with E-state index in [9.17, 15) is 0 Å². The minimum atomic E-state index is -0.0246. The fourth-order valence-electron chi connectivity index (χ4n) is 4.95. The highest BCUT2D eigenvalue weighted by atomic mass is 32.1. The molecule has 1 saturated heterocycles.